The van der Waals surface area contributed by atoms with Gasteiger partial charge >= 0.3 is 0 Å². The number of ketones is 1. The van der Waals surface area contributed by atoms with Crippen LogP contribution in [-0.2, 0) is 24.0 Å². The Morgan fingerprint density at radius 3 is 1.85 bits per heavy atom. The molecule has 0 heterocycles. The van der Waals surface area contributed by atoms with Crippen molar-refractivity contribution in [3.8, 4) is 0 Å². The van der Waals surface area contributed by atoms with Crippen LogP contribution in [0.2, 0.25) is 0 Å². The van der Waals surface area contributed by atoms with Gasteiger partial charge in [-0.1, -0.05) is 61.5 Å². The lowest BCUT2D eigenvalue weighted by molar-refractivity contribution is -0.133. The van der Waals surface area contributed by atoms with Gasteiger partial charge in [-0.3, -0.25) is 24.0 Å². The Hall–Kier alpha value is -2.71. The van der Waals surface area contributed by atoms with Crippen LogP contribution in [0.25, 0.3) is 0 Å². The average molecular weight is 551 g/mol. The molecule has 3 unspecified atom stereocenters. The second-order valence-corrected chi connectivity index (χ2v) is 11.9. The van der Waals surface area contributed by atoms with E-state index in [0.717, 1.165) is 6.42 Å². The highest BCUT2D eigenvalue weighted by atomic mass is 16.2. The van der Waals surface area contributed by atoms with Crippen LogP contribution in [0, 0.1) is 29.6 Å². The van der Waals surface area contributed by atoms with E-state index in [1.54, 1.807) is 26.8 Å². The summed E-state index contributed by atoms with van der Waals surface area (Å²) in [5.41, 5.74) is 0. The molecule has 0 aromatic heterocycles. The summed E-state index contributed by atoms with van der Waals surface area (Å²) in [4.78, 5) is 62.9. The van der Waals surface area contributed by atoms with Crippen molar-refractivity contribution in [1.82, 2.24) is 21.3 Å². The molecule has 3 atom stereocenters. The molecule has 4 amide bonds. The number of amides is 4. The predicted molar refractivity (Wildman–Crippen MR) is 156 cm³/mol. The number of nitrogens with one attached hydrogen (secondary N) is 4. The smallest absolute Gasteiger partial charge is 0.243 e. The number of unbranched alkanes of at least 4 members (excludes halogenated alkanes) is 1. The third-order valence-corrected chi connectivity index (χ3v) is 6.41. The first-order valence-electron chi connectivity index (χ1n) is 14.5. The standard InChI is InChI=1S/C30H54N4O5/c1-10-13-26(35)31-15-12-11-14-24(28(37)22(8)9)33-27(36)18-32-30(39)25(17-20(4)5)34-29(38)23(21(6)7)16-19(2)3/h10,13,19-25H,11-12,14-18H2,1-9H3,(H,31,35)(H,32,39)(H,33,36)(H,34,38)/b13-10+. The monoisotopic (exact) mass is 550 g/mol. The second-order valence-electron chi connectivity index (χ2n) is 11.9. The molecule has 0 radical (unpaired) electrons. The number of Topliss-reactive ketones (excluding diaryl/α,β-unsaturated/α-hetero) is 1. The van der Waals surface area contributed by atoms with Crippen molar-refractivity contribution in [3.05, 3.63) is 12.2 Å². The van der Waals surface area contributed by atoms with E-state index in [-0.39, 0.29) is 47.8 Å². The van der Waals surface area contributed by atoms with Gasteiger partial charge in [0.25, 0.3) is 0 Å². The maximum Gasteiger partial charge on any atom is 0.243 e. The topological polar surface area (TPSA) is 133 Å². The zero-order chi connectivity index (χ0) is 30.1. The molecule has 9 nitrogen and oxygen atoms in total. The van der Waals surface area contributed by atoms with E-state index in [0.29, 0.717) is 38.1 Å². The Kier molecular flexibility index (Phi) is 18.0. The molecule has 0 rings (SSSR count). The van der Waals surface area contributed by atoms with Crippen LogP contribution in [0.1, 0.15) is 94.4 Å². The Morgan fingerprint density at radius 2 is 1.33 bits per heavy atom. The van der Waals surface area contributed by atoms with Gasteiger partial charge in [0, 0.05) is 18.4 Å². The molecule has 0 saturated heterocycles. The van der Waals surface area contributed by atoms with Crippen LogP contribution < -0.4 is 21.3 Å². The molecule has 0 aliphatic rings. The minimum Gasteiger partial charge on any atom is -0.353 e. The summed E-state index contributed by atoms with van der Waals surface area (Å²) in [5, 5.41) is 11.1. The van der Waals surface area contributed by atoms with E-state index < -0.39 is 23.9 Å². The average Bonchev–Trinajstić information content (AvgIpc) is 2.83. The van der Waals surface area contributed by atoms with Crippen molar-refractivity contribution in [2.24, 2.45) is 29.6 Å². The molecule has 39 heavy (non-hydrogen) atoms. The maximum absolute atomic E-state index is 13.0. The molecule has 0 saturated carbocycles. The Morgan fingerprint density at radius 1 is 0.718 bits per heavy atom. The normalized spacial score (nSPS) is 14.0. The summed E-state index contributed by atoms with van der Waals surface area (Å²) in [6.07, 6.45) is 6.04. The van der Waals surface area contributed by atoms with Gasteiger partial charge in [-0.25, -0.2) is 0 Å². The number of carbonyl (C=O) groups excluding carboxylic acids is 5. The molecule has 4 N–H and O–H groups in total. The summed E-state index contributed by atoms with van der Waals surface area (Å²) in [5.74, 6) is -1.07. The largest absolute Gasteiger partial charge is 0.353 e. The zero-order valence-electron chi connectivity index (χ0n) is 25.7. The fraction of sp³-hybridized carbons (Fsp3) is 0.767. The van der Waals surface area contributed by atoms with Gasteiger partial charge < -0.3 is 21.3 Å². The first kappa shape index (κ1) is 36.3. The van der Waals surface area contributed by atoms with Crippen LogP contribution in [0.4, 0.5) is 0 Å². The molecule has 0 aliphatic carbocycles. The lowest BCUT2D eigenvalue weighted by atomic mass is 9.86. The van der Waals surface area contributed by atoms with Crippen molar-refractivity contribution in [3.63, 3.8) is 0 Å². The van der Waals surface area contributed by atoms with E-state index in [9.17, 15) is 24.0 Å². The number of allylic oxidation sites excluding steroid dienone is 1. The number of rotatable bonds is 19. The van der Waals surface area contributed by atoms with E-state index >= 15 is 0 Å². The summed E-state index contributed by atoms with van der Waals surface area (Å²) < 4.78 is 0. The molecule has 0 spiro atoms. The van der Waals surface area contributed by atoms with Gasteiger partial charge in [0.2, 0.25) is 23.6 Å². The van der Waals surface area contributed by atoms with Gasteiger partial charge in [-0.15, -0.1) is 0 Å². The van der Waals surface area contributed by atoms with Gasteiger partial charge in [-0.2, -0.15) is 0 Å². The fourth-order valence-corrected chi connectivity index (χ4v) is 4.29. The summed E-state index contributed by atoms with van der Waals surface area (Å²) in [6.45, 7) is 17.6. The fourth-order valence-electron chi connectivity index (χ4n) is 4.29. The Balaban J connectivity index is 5.08. The second kappa shape index (κ2) is 19.4. The van der Waals surface area contributed by atoms with E-state index in [2.05, 4.69) is 35.1 Å². The zero-order valence-corrected chi connectivity index (χ0v) is 25.7. The van der Waals surface area contributed by atoms with Crippen molar-refractivity contribution in [2.75, 3.05) is 13.1 Å². The first-order valence-corrected chi connectivity index (χ1v) is 14.5. The molecule has 0 bridgehead atoms. The third-order valence-electron chi connectivity index (χ3n) is 6.41. The molecule has 9 heteroatoms. The van der Waals surface area contributed by atoms with Gasteiger partial charge in [0.1, 0.15) is 6.04 Å². The first-order chi connectivity index (χ1) is 18.2. The Bertz CT molecular complexity index is 820. The molecular formula is C30H54N4O5. The summed E-state index contributed by atoms with van der Waals surface area (Å²) in [6, 6.07) is -1.42. The highest BCUT2D eigenvalue weighted by Crippen LogP contribution is 2.21. The number of hydrogen-bond acceptors (Lipinski definition) is 5. The maximum atomic E-state index is 13.0. The quantitative estimate of drug-likeness (QED) is 0.144. The summed E-state index contributed by atoms with van der Waals surface area (Å²) in [7, 11) is 0. The molecule has 0 aromatic rings. The number of hydrogen-bond donors (Lipinski definition) is 4. The van der Waals surface area contributed by atoms with Crippen molar-refractivity contribution < 1.29 is 24.0 Å². The van der Waals surface area contributed by atoms with Crippen LogP contribution in [0.3, 0.4) is 0 Å². The minimum absolute atomic E-state index is 0.0811. The van der Waals surface area contributed by atoms with Gasteiger partial charge in [-0.05, 0) is 62.9 Å². The van der Waals surface area contributed by atoms with Crippen molar-refractivity contribution in [2.45, 2.75) is 107 Å². The Labute approximate surface area is 236 Å². The highest BCUT2D eigenvalue weighted by Gasteiger charge is 2.29. The third kappa shape index (κ3) is 16.1. The highest BCUT2D eigenvalue weighted by molar-refractivity contribution is 5.93. The lowest BCUT2D eigenvalue weighted by Gasteiger charge is -2.26. The van der Waals surface area contributed by atoms with Gasteiger partial charge in [0.05, 0.1) is 12.6 Å². The number of carbonyl (C=O) groups is 5. The van der Waals surface area contributed by atoms with Crippen molar-refractivity contribution >= 4 is 29.4 Å². The minimum atomic E-state index is -0.746. The van der Waals surface area contributed by atoms with Crippen LogP contribution in [0.15, 0.2) is 12.2 Å². The van der Waals surface area contributed by atoms with Crippen LogP contribution in [-0.4, -0.2) is 54.6 Å². The van der Waals surface area contributed by atoms with Crippen LogP contribution in [0.5, 0.6) is 0 Å². The van der Waals surface area contributed by atoms with Crippen LogP contribution >= 0.6 is 0 Å². The SMILES string of the molecule is C/C=C/C(=O)NCCCCC(NC(=O)CNC(=O)C(CC(C)C)NC(=O)C(CC(C)C)C(C)C)C(=O)C(C)C. The van der Waals surface area contributed by atoms with E-state index in [1.165, 1.54) is 6.08 Å². The molecule has 0 aliphatic heterocycles. The predicted octanol–water partition coefficient (Wildman–Crippen LogP) is 3.52. The lowest BCUT2D eigenvalue weighted by Crippen LogP contribution is -2.52. The van der Waals surface area contributed by atoms with Gasteiger partial charge in [0.15, 0.2) is 5.78 Å². The van der Waals surface area contributed by atoms with E-state index in [4.69, 9.17) is 0 Å². The molecule has 0 fully saturated rings. The van der Waals surface area contributed by atoms with Crippen molar-refractivity contribution in [1.29, 1.82) is 0 Å². The summed E-state index contributed by atoms with van der Waals surface area (Å²) >= 11 is 0. The molecule has 224 valence electrons. The molecule has 0 aromatic carbocycles. The van der Waals surface area contributed by atoms with E-state index in [1.807, 2.05) is 27.7 Å². The molecular weight excluding hydrogens is 496 g/mol.